The summed E-state index contributed by atoms with van der Waals surface area (Å²) < 4.78 is 38.2. The second kappa shape index (κ2) is 9.83. The summed E-state index contributed by atoms with van der Waals surface area (Å²) in [6.07, 6.45) is 1.06. The van der Waals surface area contributed by atoms with Crippen LogP contribution in [0.2, 0.25) is 0 Å². The molecule has 3 rings (SSSR count). The van der Waals surface area contributed by atoms with Crippen LogP contribution in [0.25, 0.3) is 4.98 Å². The van der Waals surface area contributed by atoms with E-state index in [0.29, 0.717) is 11.6 Å². The highest BCUT2D eigenvalue weighted by Gasteiger charge is 2.28. The largest absolute Gasteiger partial charge is 0.545 e. The van der Waals surface area contributed by atoms with Gasteiger partial charge in [-0.05, 0) is 31.2 Å². The molecule has 2 N–H and O–H groups in total. The number of rotatable bonds is 5. The Morgan fingerprint density at radius 1 is 1.24 bits per heavy atom. The average Bonchev–Trinajstić information content (AvgIpc) is 3.21. The Hall–Kier alpha value is -3.20. The first-order valence-electron chi connectivity index (χ1n) is 8.46. The molecule has 1 saturated heterocycles. The van der Waals surface area contributed by atoms with Gasteiger partial charge >= 0.3 is 16.1 Å². The zero-order valence-electron chi connectivity index (χ0n) is 15.4. The lowest BCUT2D eigenvalue weighted by atomic mass is 9.95. The molecule has 2 aromatic rings. The minimum Gasteiger partial charge on any atom is -0.545 e. The lowest BCUT2D eigenvalue weighted by molar-refractivity contribution is -0.255. The van der Waals surface area contributed by atoms with Crippen LogP contribution in [0.3, 0.4) is 0 Å². The van der Waals surface area contributed by atoms with Crippen molar-refractivity contribution in [3.63, 3.8) is 0 Å². The number of nitrogens with one attached hydrogen (secondary N) is 1. The van der Waals surface area contributed by atoms with Crippen LogP contribution < -0.4 is 19.3 Å². The third kappa shape index (κ3) is 6.15. The van der Waals surface area contributed by atoms with Crippen LogP contribution in [0, 0.1) is 5.39 Å². The van der Waals surface area contributed by atoms with Gasteiger partial charge < -0.3 is 24.1 Å². The maximum absolute atomic E-state index is 10.4. The number of aromatic carboxylic acids is 1. The molecule has 0 aromatic heterocycles. The standard InChI is InChI=1S/C11H14N3O.C7H6O6S/c1-15-10-4-2-3-9(14-12)11(10)8-5-6-13-7-8;8-7(9)5-3-1-2-4-6(5)13-14(10,11)12/h2-4,8,13H,5-7H2,1H3;1-4H,(H,8,9)(H,10,11,12)/q+1;/p-1. The SMILES string of the molecule is COc1cccc([N+]#N)c1C1CCNC1.O=C([O-])c1ccccc1OS(=O)(=O)O. The Kier molecular flexibility index (Phi) is 7.49. The van der Waals surface area contributed by atoms with E-state index in [-0.39, 0.29) is 0 Å². The number of hydrogen-bond acceptors (Lipinski definition) is 8. The third-order valence-electron chi connectivity index (χ3n) is 4.14. The zero-order valence-corrected chi connectivity index (χ0v) is 16.3. The number of carboxylic acid groups (broad SMARTS) is 1. The van der Waals surface area contributed by atoms with Gasteiger partial charge in [-0.15, -0.1) is 0 Å². The van der Waals surface area contributed by atoms with Crippen molar-refractivity contribution in [2.45, 2.75) is 12.3 Å². The number of carboxylic acids is 1. The van der Waals surface area contributed by atoms with Gasteiger partial charge in [0.2, 0.25) is 5.39 Å². The van der Waals surface area contributed by atoms with Crippen molar-refractivity contribution in [1.82, 2.24) is 5.32 Å². The van der Waals surface area contributed by atoms with E-state index in [1.807, 2.05) is 12.1 Å². The molecule has 1 aliphatic heterocycles. The van der Waals surface area contributed by atoms with E-state index in [9.17, 15) is 18.3 Å². The summed E-state index contributed by atoms with van der Waals surface area (Å²) in [6.45, 7) is 1.93. The van der Waals surface area contributed by atoms with Crippen LogP contribution in [0.1, 0.15) is 28.3 Å². The molecular formula is C18H19N3O7S. The van der Waals surface area contributed by atoms with Crippen molar-refractivity contribution < 1.29 is 31.8 Å². The maximum atomic E-state index is 10.4. The Labute approximate surface area is 167 Å². The molecule has 0 radical (unpaired) electrons. The predicted molar refractivity (Wildman–Crippen MR) is 101 cm³/mol. The van der Waals surface area contributed by atoms with Gasteiger partial charge in [-0.25, -0.2) is 0 Å². The molecule has 2 aromatic carbocycles. The number of nitrogens with zero attached hydrogens (tertiary/aromatic N) is 2. The van der Waals surface area contributed by atoms with Crippen LogP contribution in [0.5, 0.6) is 11.5 Å². The smallest absolute Gasteiger partial charge is 0.446 e. The van der Waals surface area contributed by atoms with Crippen molar-refractivity contribution in [3.8, 4) is 11.5 Å². The second-order valence-electron chi connectivity index (χ2n) is 5.98. The summed E-state index contributed by atoms with van der Waals surface area (Å²) in [5, 5.41) is 22.7. The molecule has 0 aliphatic carbocycles. The summed E-state index contributed by atoms with van der Waals surface area (Å²) >= 11 is 0. The summed E-state index contributed by atoms with van der Waals surface area (Å²) in [5.74, 6) is -0.898. The van der Waals surface area contributed by atoms with Crippen LogP contribution in [-0.2, 0) is 10.4 Å². The van der Waals surface area contributed by atoms with E-state index >= 15 is 0 Å². The van der Waals surface area contributed by atoms with Crippen LogP contribution in [-0.4, -0.2) is 39.1 Å². The number of diazo groups is 1. The highest BCUT2D eigenvalue weighted by molar-refractivity contribution is 7.81. The van der Waals surface area contributed by atoms with Crippen molar-refractivity contribution >= 4 is 22.1 Å². The Morgan fingerprint density at radius 3 is 2.48 bits per heavy atom. The number of carbonyl (C=O) groups is 1. The average molecular weight is 421 g/mol. The number of para-hydroxylation sites is 1. The van der Waals surface area contributed by atoms with Crippen molar-refractivity contribution in [2.24, 2.45) is 0 Å². The molecule has 1 atom stereocenters. The highest BCUT2D eigenvalue weighted by atomic mass is 32.3. The van der Waals surface area contributed by atoms with Crippen LogP contribution in [0.15, 0.2) is 42.5 Å². The molecule has 1 fully saturated rings. The summed E-state index contributed by atoms with van der Waals surface area (Å²) in [7, 11) is -3.08. The van der Waals surface area contributed by atoms with E-state index in [2.05, 4.69) is 14.5 Å². The molecule has 1 unspecified atom stereocenters. The fourth-order valence-corrected chi connectivity index (χ4v) is 3.30. The first kappa shape index (κ1) is 22.1. The van der Waals surface area contributed by atoms with Crippen LogP contribution >= 0.6 is 0 Å². The van der Waals surface area contributed by atoms with Gasteiger partial charge in [0.15, 0.2) is 10.7 Å². The zero-order chi connectivity index (χ0) is 21.4. The third-order valence-corrected chi connectivity index (χ3v) is 4.53. The maximum Gasteiger partial charge on any atom is 0.446 e. The van der Waals surface area contributed by atoms with Crippen molar-refractivity contribution in [3.05, 3.63) is 58.6 Å². The van der Waals surface area contributed by atoms with Crippen molar-refractivity contribution in [1.29, 1.82) is 5.39 Å². The van der Waals surface area contributed by atoms with Gasteiger partial charge in [-0.2, -0.15) is 8.42 Å². The van der Waals surface area contributed by atoms with Gasteiger partial charge in [0.25, 0.3) is 0 Å². The number of hydrogen-bond donors (Lipinski definition) is 2. The summed E-state index contributed by atoms with van der Waals surface area (Å²) in [4.78, 5) is 13.8. The fraction of sp³-hybridized carbons (Fsp3) is 0.278. The molecule has 10 nitrogen and oxygen atoms in total. The van der Waals surface area contributed by atoms with Gasteiger partial charge in [0.1, 0.15) is 5.75 Å². The van der Waals surface area contributed by atoms with Gasteiger partial charge in [0.05, 0.1) is 18.6 Å². The molecule has 1 aliphatic rings. The Morgan fingerprint density at radius 2 is 1.93 bits per heavy atom. The molecule has 0 saturated carbocycles. The molecule has 29 heavy (non-hydrogen) atoms. The monoisotopic (exact) mass is 421 g/mol. The Balaban J connectivity index is 0.000000208. The molecule has 154 valence electrons. The molecule has 0 bridgehead atoms. The first-order valence-corrected chi connectivity index (χ1v) is 9.83. The van der Waals surface area contributed by atoms with E-state index < -0.39 is 27.7 Å². The second-order valence-corrected chi connectivity index (χ2v) is 7.00. The molecule has 0 amide bonds. The van der Waals surface area contributed by atoms with Gasteiger partial charge in [0, 0.05) is 24.1 Å². The lowest BCUT2D eigenvalue weighted by Crippen LogP contribution is -2.23. The quantitative estimate of drug-likeness (QED) is 0.540. The number of ether oxygens (including phenoxy) is 1. The Bertz CT molecular complexity index is 1010. The van der Waals surface area contributed by atoms with E-state index in [1.54, 1.807) is 13.2 Å². The number of methoxy groups -OCH3 is 1. The molecular weight excluding hydrogens is 402 g/mol. The summed E-state index contributed by atoms with van der Waals surface area (Å²) in [6, 6.07) is 10.4. The fourth-order valence-electron chi connectivity index (χ4n) is 2.93. The van der Waals surface area contributed by atoms with E-state index in [0.717, 1.165) is 43.0 Å². The summed E-state index contributed by atoms with van der Waals surface area (Å²) in [5.41, 5.74) is 1.17. The molecule has 11 heteroatoms. The molecule has 0 spiro atoms. The minimum atomic E-state index is -4.72. The normalized spacial score (nSPS) is 15.6. The molecule has 1 heterocycles. The predicted octanol–water partition coefficient (Wildman–Crippen LogP) is 1.49. The van der Waals surface area contributed by atoms with E-state index in [4.69, 9.17) is 14.7 Å². The topological polar surface area (TPSA) is 153 Å². The highest BCUT2D eigenvalue weighted by Crippen LogP contribution is 2.37. The van der Waals surface area contributed by atoms with E-state index in [1.165, 1.54) is 12.1 Å². The van der Waals surface area contributed by atoms with Crippen molar-refractivity contribution in [2.75, 3.05) is 20.2 Å². The first-order chi connectivity index (χ1) is 13.8. The van der Waals surface area contributed by atoms with Crippen LogP contribution in [0.4, 0.5) is 5.69 Å². The lowest BCUT2D eigenvalue weighted by Gasteiger charge is -2.10. The van der Waals surface area contributed by atoms with Gasteiger partial charge in [-0.1, -0.05) is 18.2 Å². The number of carbonyl (C=O) groups excluding carboxylic acids is 1. The number of benzene rings is 2. The van der Waals surface area contributed by atoms with Gasteiger partial charge in [-0.3, -0.25) is 4.55 Å². The minimum absolute atomic E-state index is 0.382.